The van der Waals surface area contributed by atoms with E-state index in [9.17, 15) is 0 Å². The van der Waals surface area contributed by atoms with Crippen molar-refractivity contribution in [3.63, 3.8) is 0 Å². The Kier molecular flexibility index (Phi) is 3.92. The van der Waals surface area contributed by atoms with Crippen molar-refractivity contribution < 1.29 is 0 Å². The van der Waals surface area contributed by atoms with E-state index in [2.05, 4.69) is 54.7 Å². The number of thiazole rings is 1. The zero-order chi connectivity index (χ0) is 12.3. The molecular weight excluding hydrogens is 228 g/mol. The van der Waals surface area contributed by atoms with Crippen molar-refractivity contribution in [2.45, 2.75) is 27.3 Å². The van der Waals surface area contributed by atoms with E-state index >= 15 is 0 Å². The summed E-state index contributed by atoms with van der Waals surface area (Å²) in [5.74, 6) is 0. The first kappa shape index (κ1) is 12.3. The van der Waals surface area contributed by atoms with Crippen molar-refractivity contribution in [1.82, 2.24) is 10.3 Å². The van der Waals surface area contributed by atoms with Gasteiger partial charge in [-0.05, 0) is 31.5 Å². The summed E-state index contributed by atoms with van der Waals surface area (Å²) in [5.41, 5.74) is 5.05. The molecule has 0 aliphatic heterocycles. The second-order valence-corrected chi connectivity index (χ2v) is 5.03. The van der Waals surface area contributed by atoms with Gasteiger partial charge in [0.1, 0.15) is 5.01 Å². The zero-order valence-electron chi connectivity index (χ0n) is 10.6. The van der Waals surface area contributed by atoms with E-state index in [0.717, 1.165) is 23.8 Å². The van der Waals surface area contributed by atoms with Crippen molar-refractivity contribution in [3.8, 4) is 10.6 Å². The lowest BCUT2D eigenvalue weighted by Crippen LogP contribution is -2.11. The van der Waals surface area contributed by atoms with Crippen LogP contribution >= 0.6 is 11.3 Å². The number of nitrogens with zero attached hydrogens (tertiary/aromatic N) is 1. The van der Waals surface area contributed by atoms with Crippen molar-refractivity contribution in [1.29, 1.82) is 0 Å². The predicted molar refractivity (Wildman–Crippen MR) is 74.4 cm³/mol. The van der Waals surface area contributed by atoms with Crippen molar-refractivity contribution in [2.24, 2.45) is 0 Å². The summed E-state index contributed by atoms with van der Waals surface area (Å²) in [6.07, 6.45) is 0. The molecule has 0 spiro atoms. The van der Waals surface area contributed by atoms with Crippen LogP contribution in [0.2, 0.25) is 0 Å². The summed E-state index contributed by atoms with van der Waals surface area (Å²) in [6.45, 7) is 8.26. The SMILES string of the molecule is CCNCc1csc(-c2cccc(C)c2C)n1. The molecule has 0 saturated carbocycles. The molecule has 17 heavy (non-hydrogen) atoms. The smallest absolute Gasteiger partial charge is 0.123 e. The number of benzene rings is 1. The van der Waals surface area contributed by atoms with Crippen LogP contribution < -0.4 is 5.32 Å². The van der Waals surface area contributed by atoms with Crippen LogP contribution in [0.3, 0.4) is 0 Å². The number of rotatable bonds is 4. The summed E-state index contributed by atoms with van der Waals surface area (Å²) in [7, 11) is 0. The number of aromatic nitrogens is 1. The van der Waals surface area contributed by atoms with Crippen molar-refractivity contribution in [2.75, 3.05) is 6.54 Å². The maximum Gasteiger partial charge on any atom is 0.123 e. The molecule has 2 rings (SSSR count). The van der Waals surface area contributed by atoms with Gasteiger partial charge in [0.2, 0.25) is 0 Å². The van der Waals surface area contributed by atoms with Crippen LogP contribution in [0.5, 0.6) is 0 Å². The van der Waals surface area contributed by atoms with Gasteiger partial charge in [-0.2, -0.15) is 0 Å². The van der Waals surface area contributed by atoms with E-state index in [1.165, 1.54) is 16.7 Å². The van der Waals surface area contributed by atoms with Gasteiger partial charge in [-0.25, -0.2) is 4.98 Å². The average Bonchev–Trinajstić information content (AvgIpc) is 2.78. The average molecular weight is 246 g/mol. The predicted octanol–water partition coefficient (Wildman–Crippen LogP) is 3.54. The minimum atomic E-state index is 0.859. The monoisotopic (exact) mass is 246 g/mol. The molecule has 0 aliphatic rings. The van der Waals surface area contributed by atoms with Crippen molar-refractivity contribution in [3.05, 3.63) is 40.4 Å². The molecular formula is C14H18N2S. The topological polar surface area (TPSA) is 24.9 Å². The minimum Gasteiger partial charge on any atom is -0.311 e. The first-order valence-corrected chi connectivity index (χ1v) is 6.82. The van der Waals surface area contributed by atoms with Crippen molar-refractivity contribution >= 4 is 11.3 Å². The zero-order valence-corrected chi connectivity index (χ0v) is 11.4. The fraction of sp³-hybridized carbons (Fsp3) is 0.357. The highest BCUT2D eigenvalue weighted by Crippen LogP contribution is 2.28. The van der Waals surface area contributed by atoms with Crippen LogP contribution in [-0.4, -0.2) is 11.5 Å². The Labute approximate surface area is 107 Å². The molecule has 0 amide bonds. The lowest BCUT2D eigenvalue weighted by Gasteiger charge is -2.05. The van der Waals surface area contributed by atoms with Gasteiger partial charge in [0, 0.05) is 17.5 Å². The van der Waals surface area contributed by atoms with Crippen LogP contribution in [0.15, 0.2) is 23.6 Å². The Bertz CT molecular complexity index is 503. The molecule has 90 valence electrons. The second kappa shape index (κ2) is 5.43. The van der Waals surface area contributed by atoms with E-state index in [1.807, 2.05) is 0 Å². The summed E-state index contributed by atoms with van der Waals surface area (Å²) >= 11 is 1.72. The first-order chi connectivity index (χ1) is 8.22. The van der Waals surface area contributed by atoms with Crippen LogP contribution in [0.25, 0.3) is 10.6 Å². The molecule has 0 bridgehead atoms. The molecule has 1 aromatic heterocycles. The molecule has 1 heterocycles. The molecule has 3 heteroatoms. The summed E-state index contributed by atoms with van der Waals surface area (Å²) in [4.78, 5) is 4.68. The molecule has 1 N–H and O–H groups in total. The Morgan fingerprint density at radius 3 is 2.88 bits per heavy atom. The Morgan fingerprint density at radius 2 is 2.12 bits per heavy atom. The third-order valence-corrected chi connectivity index (χ3v) is 3.87. The highest BCUT2D eigenvalue weighted by atomic mass is 32.1. The van der Waals surface area contributed by atoms with Crippen LogP contribution in [0.4, 0.5) is 0 Å². The van der Waals surface area contributed by atoms with Gasteiger partial charge in [-0.1, -0.05) is 25.1 Å². The molecule has 0 fully saturated rings. The fourth-order valence-electron chi connectivity index (χ4n) is 1.75. The van der Waals surface area contributed by atoms with E-state index in [4.69, 9.17) is 0 Å². The van der Waals surface area contributed by atoms with E-state index < -0.39 is 0 Å². The molecule has 1 aromatic carbocycles. The summed E-state index contributed by atoms with van der Waals surface area (Å²) in [5, 5.41) is 6.56. The maximum absolute atomic E-state index is 4.68. The molecule has 0 saturated heterocycles. The third-order valence-electron chi connectivity index (χ3n) is 2.94. The molecule has 2 nitrogen and oxygen atoms in total. The van der Waals surface area contributed by atoms with Gasteiger partial charge in [0.25, 0.3) is 0 Å². The first-order valence-electron chi connectivity index (χ1n) is 5.94. The van der Waals surface area contributed by atoms with Gasteiger partial charge < -0.3 is 5.32 Å². The van der Waals surface area contributed by atoms with E-state index in [0.29, 0.717) is 0 Å². The Balaban J connectivity index is 2.27. The number of aryl methyl sites for hydroxylation is 1. The Morgan fingerprint density at radius 1 is 1.29 bits per heavy atom. The highest BCUT2D eigenvalue weighted by Gasteiger charge is 2.08. The summed E-state index contributed by atoms with van der Waals surface area (Å²) in [6, 6.07) is 6.40. The quantitative estimate of drug-likeness (QED) is 0.892. The van der Waals surface area contributed by atoms with Gasteiger partial charge in [0.15, 0.2) is 0 Å². The molecule has 0 unspecified atom stereocenters. The van der Waals surface area contributed by atoms with E-state index in [1.54, 1.807) is 11.3 Å². The number of hydrogen-bond acceptors (Lipinski definition) is 3. The normalized spacial score (nSPS) is 10.8. The van der Waals surface area contributed by atoms with Gasteiger partial charge in [0.05, 0.1) is 5.69 Å². The number of hydrogen-bond donors (Lipinski definition) is 1. The largest absolute Gasteiger partial charge is 0.311 e. The van der Waals surface area contributed by atoms with Crippen LogP contribution in [-0.2, 0) is 6.54 Å². The van der Waals surface area contributed by atoms with Gasteiger partial charge >= 0.3 is 0 Å². The highest BCUT2D eigenvalue weighted by molar-refractivity contribution is 7.13. The number of nitrogens with one attached hydrogen (secondary N) is 1. The molecule has 0 atom stereocenters. The summed E-state index contributed by atoms with van der Waals surface area (Å²) < 4.78 is 0. The van der Waals surface area contributed by atoms with Gasteiger partial charge in [-0.3, -0.25) is 0 Å². The Hall–Kier alpha value is -1.19. The molecule has 2 aromatic rings. The maximum atomic E-state index is 4.68. The van der Waals surface area contributed by atoms with E-state index in [-0.39, 0.29) is 0 Å². The minimum absolute atomic E-state index is 0.859. The lowest BCUT2D eigenvalue weighted by atomic mass is 10.0. The lowest BCUT2D eigenvalue weighted by molar-refractivity contribution is 0.715. The molecule has 0 aliphatic carbocycles. The standard InChI is InChI=1S/C14H18N2S/c1-4-15-8-12-9-17-14(16-12)13-7-5-6-10(2)11(13)3/h5-7,9,15H,4,8H2,1-3H3. The van der Waals surface area contributed by atoms with Crippen LogP contribution in [0.1, 0.15) is 23.7 Å². The van der Waals surface area contributed by atoms with Crippen LogP contribution in [0, 0.1) is 13.8 Å². The second-order valence-electron chi connectivity index (χ2n) is 4.17. The fourth-order valence-corrected chi connectivity index (χ4v) is 2.65. The molecule has 0 radical (unpaired) electrons. The van der Waals surface area contributed by atoms with Gasteiger partial charge in [-0.15, -0.1) is 11.3 Å². The third kappa shape index (κ3) is 2.73.